The van der Waals surface area contributed by atoms with Gasteiger partial charge in [0.15, 0.2) is 0 Å². The topological polar surface area (TPSA) is 66.6 Å². The maximum atomic E-state index is 11.4. The highest BCUT2D eigenvalue weighted by Gasteiger charge is 2.32. The first-order chi connectivity index (χ1) is 9.66. The molecule has 0 saturated heterocycles. The summed E-state index contributed by atoms with van der Waals surface area (Å²) >= 11 is 1.65. The normalized spacial score (nSPS) is 14.2. The molecule has 0 bridgehead atoms. The van der Waals surface area contributed by atoms with E-state index in [4.69, 9.17) is 5.73 Å². The van der Waals surface area contributed by atoms with E-state index in [1.807, 2.05) is 5.38 Å². The van der Waals surface area contributed by atoms with E-state index in [0.29, 0.717) is 24.0 Å². The minimum absolute atomic E-state index is 0.284. The molecule has 1 aromatic carbocycles. The lowest BCUT2D eigenvalue weighted by molar-refractivity contribution is 0.0697. The lowest BCUT2D eigenvalue weighted by Crippen LogP contribution is -2.27. The number of anilines is 2. The van der Waals surface area contributed by atoms with Crippen LogP contribution in [0.2, 0.25) is 0 Å². The Morgan fingerprint density at radius 3 is 2.80 bits per heavy atom. The summed E-state index contributed by atoms with van der Waals surface area (Å²) in [7, 11) is 0. The Balaban J connectivity index is 2.01. The van der Waals surface area contributed by atoms with Crippen molar-refractivity contribution in [3.63, 3.8) is 0 Å². The van der Waals surface area contributed by atoms with E-state index < -0.39 is 5.97 Å². The van der Waals surface area contributed by atoms with Gasteiger partial charge >= 0.3 is 5.97 Å². The van der Waals surface area contributed by atoms with Gasteiger partial charge in [-0.15, -0.1) is 0 Å². The van der Waals surface area contributed by atoms with Crippen LogP contribution in [-0.4, -0.2) is 17.1 Å². The SMILES string of the molecule is Nc1cccc(C(=O)O)c1N(Cc1ccsc1)C1CC1. The molecule has 0 unspecified atom stereocenters. The Morgan fingerprint density at radius 1 is 1.40 bits per heavy atom. The fraction of sp³-hybridized carbons (Fsp3) is 0.267. The van der Waals surface area contributed by atoms with Gasteiger partial charge < -0.3 is 15.7 Å². The van der Waals surface area contributed by atoms with Crippen LogP contribution in [0.5, 0.6) is 0 Å². The number of nitrogen functional groups attached to an aromatic ring is 1. The number of rotatable bonds is 5. The van der Waals surface area contributed by atoms with E-state index >= 15 is 0 Å². The molecule has 3 N–H and O–H groups in total. The van der Waals surface area contributed by atoms with Crippen LogP contribution in [-0.2, 0) is 6.54 Å². The lowest BCUT2D eigenvalue weighted by atomic mass is 10.1. The first-order valence-electron chi connectivity index (χ1n) is 6.56. The minimum Gasteiger partial charge on any atom is -0.478 e. The molecule has 104 valence electrons. The summed E-state index contributed by atoms with van der Waals surface area (Å²) in [4.78, 5) is 13.6. The summed E-state index contributed by atoms with van der Waals surface area (Å²) in [6.45, 7) is 0.711. The highest BCUT2D eigenvalue weighted by molar-refractivity contribution is 7.07. The average molecular weight is 288 g/mol. The second-order valence-corrected chi connectivity index (χ2v) is 5.82. The number of hydrogen-bond donors (Lipinski definition) is 2. The fourth-order valence-electron chi connectivity index (χ4n) is 2.41. The smallest absolute Gasteiger partial charge is 0.337 e. The Morgan fingerprint density at radius 2 is 2.20 bits per heavy atom. The van der Waals surface area contributed by atoms with Gasteiger partial charge in [0.1, 0.15) is 0 Å². The highest BCUT2D eigenvalue weighted by atomic mass is 32.1. The maximum Gasteiger partial charge on any atom is 0.337 e. The molecule has 0 atom stereocenters. The molecular formula is C15H16N2O2S. The largest absolute Gasteiger partial charge is 0.478 e. The number of nitrogens with two attached hydrogens (primary N) is 1. The third-order valence-electron chi connectivity index (χ3n) is 3.51. The maximum absolute atomic E-state index is 11.4. The molecule has 0 radical (unpaired) electrons. The van der Waals surface area contributed by atoms with Gasteiger partial charge in [0.2, 0.25) is 0 Å². The number of thiophene rings is 1. The summed E-state index contributed by atoms with van der Waals surface area (Å²) in [5, 5.41) is 13.5. The number of nitrogens with zero attached hydrogens (tertiary/aromatic N) is 1. The van der Waals surface area contributed by atoms with E-state index in [-0.39, 0.29) is 5.56 Å². The quantitative estimate of drug-likeness (QED) is 0.829. The van der Waals surface area contributed by atoms with Crippen LogP contribution in [0.3, 0.4) is 0 Å². The van der Waals surface area contributed by atoms with Crippen LogP contribution < -0.4 is 10.6 Å². The second kappa shape index (κ2) is 5.17. The van der Waals surface area contributed by atoms with E-state index in [0.717, 1.165) is 12.8 Å². The molecule has 5 heteroatoms. The fourth-order valence-corrected chi connectivity index (χ4v) is 3.07. The molecule has 1 aliphatic rings. The van der Waals surface area contributed by atoms with E-state index in [1.165, 1.54) is 5.56 Å². The summed E-state index contributed by atoms with van der Waals surface area (Å²) in [5.41, 5.74) is 8.73. The molecule has 2 aromatic rings. The summed E-state index contributed by atoms with van der Waals surface area (Å²) in [5.74, 6) is -0.928. The predicted molar refractivity (Wildman–Crippen MR) is 81.3 cm³/mol. The molecule has 0 spiro atoms. The van der Waals surface area contributed by atoms with Gasteiger partial charge in [-0.2, -0.15) is 11.3 Å². The highest BCUT2D eigenvalue weighted by Crippen LogP contribution is 2.38. The van der Waals surface area contributed by atoms with Crippen molar-refractivity contribution >= 4 is 28.7 Å². The third-order valence-corrected chi connectivity index (χ3v) is 4.24. The number of benzene rings is 1. The van der Waals surface area contributed by atoms with Crippen LogP contribution in [0.25, 0.3) is 0 Å². The van der Waals surface area contributed by atoms with Gasteiger partial charge in [0.05, 0.1) is 16.9 Å². The van der Waals surface area contributed by atoms with Gasteiger partial charge in [-0.25, -0.2) is 4.79 Å². The van der Waals surface area contributed by atoms with Crippen molar-refractivity contribution in [3.8, 4) is 0 Å². The summed E-state index contributed by atoms with van der Waals surface area (Å²) in [6, 6.07) is 7.55. The number of carbonyl (C=O) groups is 1. The zero-order valence-electron chi connectivity index (χ0n) is 11.0. The Labute approximate surface area is 121 Å². The van der Waals surface area contributed by atoms with Gasteiger partial charge in [-0.05, 0) is 47.4 Å². The molecule has 0 amide bonds. The van der Waals surface area contributed by atoms with Gasteiger partial charge in [-0.1, -0.05) is 6.07 Å². The first-order valence-corrected chi connectivity index (χ1v) is 7.50. The predicted octanol–water partition coefficient (Wildman–Crippen LogP) is 3.20. The van der Waals surface area contributed by atoms with Crippen molar-refractivity contribution in [2.75, 3.05) is 10.6 Å². The molecule has 1 fully saturated rings. The van der Waals surface area contributed by atoms with Gasteiger partial charge in [0.25, 0.3) is 0 Å². The number of aromatic carboxylic acids is 1. The standard InChI is InChI=1S/C15H16N2O2S/c16-13-3-1-2-12(15(18)19)14(13)17(11-4-5-11)8-10-6-7-20-9-10/h1-3,6-7,9,11H,4-5,8,16H2,(H,18,19). The molecule has 1 heterocycles. The Hall–Kier alpha value is -2.01. The Kier molecular flexibility index (Phi) is 3.36. The van der Waals surface area contributed by atoms with Crippen LogP contribution in [0.4, 0.5) is 11.4 Å². The molecule has 1 aliphatic carbocycles. The zero-order valence-corrected chi connectivity index (χ0v) is 11.8. The van der Waals surface area contributed by atoms with Crippen molar-refractivity contribution in [3.05, 3.63) is 46.2 Å². The first kappa shape index (κ1) is 13.0. The van der Waals surface area contributed by atoms with Crippen LogP contribution in [0.15, 0.2) is 35.0 Å². The number of carboxylic acid groups (broad SMARTS) is 1. The van der Waals surface area contributed by atoms with E-state index in [2.05, 4.69) is 16.3 Å². The zero-order chi connectivity index (χ0) is 14.1. The van der Waals surface area contributed by atoms with Crippen LogP contribution >= 0.6 is 11.3 Å². The van der Waals surface area contributed by atoms with Crippen molar-refractivity contribution < 1.29 is 9.90 Å². The monoisotopic (exact) mass is 288 g/mol. The van der Waals surface area contributed by atoms with Gasteiger partial charge in [-0.3, -0.25) is 0 Å². The second-order valence-electron chi connectivity index (χ2n) is 5.04. The molecule has 0 aliphatic heterocycles. The van der Waals surface area contributed by atoms with Crippen LogP contribution in [0.1, 0.15) is 28.8 Å². The minimum atomic E-state index is -0.928. The number of hydrogen-bond acceptors (Lipinski definition) is 4. The molecular weight excluding hydrogens is 272 g/mol. The number of carboxylic acids is 1. The molecule has 1 saturated carbocycles. The molecule has 1 aromatic heterocycles. The average Bonchev–Trinajstić information content (AvgIpc) is 3.13. The van der Waals surface area contributed by atoms with Crippen molar-refractivity contribution in [1.82, 2.24) is 0 Å². The van der Waals surface area contributed by atoms with E-state index in [1.54, 1.807) is 29.5 Å². The third kappa shape index (κ3) is 2.49. The summed E-state index contributed by atoms with van der Waals surface area (Å²) in [6.07, 6.45) is 2.19. The van der Waals surface area contributed by atoms with Crippen molar-refractivity contribution in [2.24, 2.45) is 0 Å². The summed E-state index contributed by atoms with van der Waals surface area (Å²) < 4.78 is 0. The van der Waals surface area contributed by atoms with Crippen molar-refractivity contribution in [2.45, 2.75) is 25.4 Å². The molecule has 3 rings (SSSR count). The van der Waals surface area contributed by atoms with Gasteiger partial charge in [0, 0.05) is 12.6 Å². The van der Waals surface area contributed by atoms with E-state index in [9.17, 15) is 9.90 Å². The molecule has 4 nitrogen and oxygen atoms in total. The van der Waals surface area contributed by atoms with Crippen LogP contribution in [0, 0.1) is 0 Å². The van der Waals surface area contributed by atoms with Crippen molar-refractivity contribution in [1.29, 1.82) is 0 Å². The Bertz CT molecular complexity index is 621. The number of para-hydroxylation sites is 1. The molecule has 20 heavy (non-hydrogen) atoms. The lowest BCUT2D eigenvalue weighted by Gasteiger charge is -2.27.